The predicted molar refractivity (Wildman–Crippen MR) is 126 cm³/mol. The van der Waals surface area contributed by atoms with Crippen molar-refractivity contribution in [1.82, 2.24) is 24.5 Å². The molecule has 4 aromatic rings. The van der Waals surface area contributed by atoms with Crippen LogP contribution in [0.4, 0.5) is 5.82 Å². The van der Waals surface area contributed by atoms with Gasteiger partial charge in [0.15, 0.2) is 11.0 Å². The molecule has 2 aromatic carbocycles. The maximum absolute atomic E-state index is 12.8. The fourth-order valence-electron chi connectivity index (χ4n) is 3.46. The number of carbonyl (C=O) groups is 1. The lowest BCUT2D eigenvalue weighted by atomic mass is 10.2. The second-order valence-corrected chi connectivity index (χ2v) is 9.01. The van der Waals surface area contributed by atoms with Crippen molar-refractivity contribution >= 4 is 35.1 Å². The standard InChI is InChI=1S/C23H21ClN6OS/c1-29-22(17-9-5-6-10-18(17)24)26-27-23(29)32-14-21(31)25-20-13-19(15-11-12-15)28-30(20)16-7-3-2-4-8-16/h2-10,13,15H,11-12,14H2,1H3,(H,25,31). The average Bonchev–Trinajstić information content (AvgIpc) is 3.48. The van der Waals surface area contributed by atoms with Gasteiger partial charge in [0.25, 0.3) is 0 Å². The number of carbonyl (C=O) groups excluding carboxylic acids is 1. The van der Waals surface area contributed by atoms with E-state index in [2.05, 4.69) is 15.5 Å². The normalized spacial score (nSPS) is 13.3. The lowest BCUT2D eigenvalue weighted by molar-refractivity contribution is -0.113. The first-order valence-electron chi connectivity index (χ1n) is 10.3. The maximum Gasteiger partial charge on any atom is 0.236 e. The summed E-state index contributed by atoms with van der Waals surface area (Å²) >= 11 is 7.62. The molecule has 162 valence electrons. The highest BCUT2D eigenvalue weighted by Gasteiger charge is 2.28. The Morgan fingerprint density at radius 3 is 2.62 bits per heavy atom. The van der Waals surface area contributed by atoms with Gasteiger partial charge in [-0.2, -0.15) is 5.10 Å². The molecule has 1 aliphatic carbocycles. The predicted octanol–water partition coefficient (Wildman–Crippen LogP) is 4.93. The van der Waals surface area contributed by atoms with E-state index in [9.17, 15) is 4.79 Å². The molecule has 0 atom stereocenters. The van der Waals surface area contributed by atoms with Gasteiger partial charge in [0.1, 0.15) is 5.82 Å². The molecule has 5 rings (SSSR count). The average molecular weight is 465 g/mol. The molecule has 0 radical (unpaired) electrons. The molecule has 32 heavy (non-hydrogen) atoms. The van der Waals surface area contributed by atoms with Crippen LogP contribution in [0.25, 0.3) is 17.1 Å². The number of benzene rings is 2. The maximum atomic E-state index is 12.8. The number of halogens is 1. The monoisotopic (exact) mass is 464 g/mol. The van der Waals surface area contributed by atoms with Gasteiger partial charge >= 0.3 is 0 Å². The van der Waals surface area contributed by atoms with Crippen LogP contribution >= 0.6 is 23.4 Å². The number of thioether (sulfide) groups is 1. The van der Waals surface area contributed by atoms with Gasteiger partial charge in [0.05, 0.1) is 22.2 Å². The fourth-order valence-corrected chi connectivity index (χ4v) is 4.39. The SMILES string of the molecule is Cn1c(SCC(=O)Nc2cc(C3CC3)nn2-c2ccccc2)nnc1-c1ccccc1Cl. The Hall–Kier alpha value is -3.10. The van der Waals surface area contributed by atoms with E-state index in [4.69, 9.17) is 16.7 Å². The summed E-state index contributed by atoms with van der Waals surface area (Å²) in [6, 6.07) is 19.3. The highest BCUT2D eigenvalue weighted by Crippen LogP contribution is 2.40. The number of para-hydroxylation sites is 1. The first kappa shape index (κ1) is 20.8. The Kier molecular flexibility index (Phi) is 5.71. The minimum Gasteiger partial charge on any atom is -0.310 e. The fraction of sp³-hybridized carbons (Fsp3) is 0.217. The zero-order valence-corrected chi connectivity index (χ0v) is 19.0. The molecule has 2 aromatic heterocycles. The lowest BCUT2D eigenvalue weighted by Crippen LogP contribution is -2.17. The molecule has 1 amide bonds. The van der Waals surface area contributed by atoms with Crippen molar-refractivity contribution in [3.05, 3.63) is 71.4 Å². The number of hydrogen-bond acceptors (Lipinski definition) is 5. The van der Waals surface area contributed by atoms with E-state index in [-0.39, 0.29) is 11.7 Å². The number of rotatable bonds is 7. The summed E-state index contributed by atoms with van der Waals surface area (Å²) in [5, 5.41) is 17.5. The van der Waals surface area contributed by atoms with Gasteiger partial charge in [-0.3, -0.25) is 4.79 Å². The smallest absolute Gasteiger partial charge is 0.236 e. The first-order valence-corrected chi connectivity index (χ1v) is 11.7. The van der Waals surface area contributed by atoms with Gasteiger partial charge in [-0.05, 0) is 37.1 Å². The summed E-state index contributed by atoms with van der Waals surface area (Å²) in [7, 11) is 1.87. The first-order chi connectivity index (χ1) is 15.6. The van der Waals surface area contributed by atoms with Gasteiger partial charge < -0.3 is 9.88 Å². The zero-order valence-electron chi connectivity index (χ0n) is 17.4. The summed E-state index contributed by atoms with van der Waals surface area (Å²) in [5.41, 5.74) is 2.74. The molecule has 2 heterocycles. The van der Waals surface area contributed by atoms with Crippen LogP contribution in [0.3, 0.4) is 0 Å². The van der Waals surface area contributed by atoms with E-state index in [1.165, 1.54) is 11.8 Å². The van der Waals surface area contributed by atoms with E-state index >= 15 is 0 Å². The van der Waals surface area contributed by atoms with E-state index in [1.54, 1.807) is 4.68 Å². The van der Waals surface area contributed by atoms with Crippen molar-refractivity contribution in [2.75, 3.05) is 11.1 Å². The number of hydrogen-bond donors (Lipinski definition) is 1. The third-order valence-electron chi connectivity index (χ3n) is 5.27. The minimum atomic E-state index is -0.128. The van der Waals surface area contributed by atoms with E-state index in [0.29, 0.717) is 27.7 Å². The number of nitrogens with one attached hydrogen (secondary N) is 1. The van der Waals surface area contributed by atoms with Gasteiger partial charge in [-0.1, -0.05) is 53.7 Å². The Morgan fingerprint density at radius 1 is 1.12 bits per heavy atom. The third-order valence-corrected chi connectivity index (χ3v) is 6.62. The molecule has 9 heteroatoms. The van der Waals surface area contributed by atoms with E-state index < -0.39 is 0 Å². The largest absolute Gasteiger partial charge is 0.310 e. The van der Waals surface area contributed by atoms with Gasteiger partial charge in [0, 0.05) is 24.6 Å². The molecule has 0 unspecified atom stereocenters. The third kappa shape index (κ3) is 4.28. The highest BCUT2D eigenvalue weighted by molar-refractivity contribution is 7.99. The second kappa shape index (κ2) is 8.80. The van der Waals surface area contributed by atoms with Crippen LogP contribution in [0, 0.1) is 0 Å². The van der Waals surface area contributed by atoms with Gasteiger partial charge in [-0.15, -0.1) is 10.2 Å². The molecule has 1 saturated carbocycles. The van der Waals surface area contributed by atoms with E-state index in [0.717, 1.165) is 29.8 Å². The van der Waals surface area contributed by atoms with Crippen LogP contribution in [0.5, 0.6) is 0 Å². The van der Waals surface area contributed by atoms with Gasteiger partial charge in [0.2, 0.25) is 5.91 Å². The Labute approximate surface area is 194 Å². The van der Waals surface area contributed by atoms with Crippen molar-refractivity contribution < 1.29 is 4.79 Å². The van der Waals surface area contributed by atoms with Crippen molar-refractivity contribution in [1.29, 1.82) is 0 Å². The number of anilines is 1. The molecule has 1 N–H and O–H groups in total. The van der Waals surface area contributed by atoms with Crippen molar-refractivity contribution in [2.45, 2.75) is 23.9 Å². The van der Waals surface area contributed by atoms with Crippen LogP contribution in [-0.4, -0.2) is 36.2 Å². The van der Waals surface area contributed by atoms with Crippen LogP contribution in [0.1, 0.15) is 24.5 Å². The lowest BCUT2D eigenvalue weighted by Gasteiger charge is -2.09. The minimum absolute atomic E-state index is 0.128. The summed E-state index contributed by atoms with van der Waals surface area (Å²) < 4.78 is 3.65. The zero-order chi connectivity index (χ0) is 22.1. The number of amides is 1. The second-order valence-electron chi connectivity index (χ2n) is 7.66. The summed E-state index contributed by atoms with van der Waals surface area (Å²) in [4.78, 5) is 12.8. The summed E-state index contributed by atoms with van der Waals surface area (Å²) in [6.45, 7) is 0. The summed E-state index contributed by atoms with van der Waals surface area (Å²) in [5.74, 6) is 1.91. The quantitative estimate of drug-likeness (QED) is 0.392. The van der Waals surface area contributed by atoms with Crippen LogP contribution < -0.4 is 5.32 Å². The molecular formula is C23H21ClN6OS. The van der Waals surface area contributed by atoms with Crippen LogP contribution in [0.2, 0.25) is 5.02 Å². The molecular weight excluding hydrogens is 444 g/mol. The van der Waals surface area contributed by atoms with Crippen molar-refractivity contribution in [2.24, 2.45) is 7.05 Å². The molecule has 7 nitrogen and oxygen atoms in total. The Balaban J connectivity index is 1.30. The Bertz CT molecular complexity index is 1260. The molecule has 1 fully saturated rings. The van der Waals surface area contributed by atoms with Crippen LogP contribution in [-0.2, 0) is 11.8 Å². The van der Waals surface area contributed by atoms with Crippen LogP contribution in [0.15, 0.2) is 65.8 Å². The molecule has 0 spiro atoms. The molecule has 0 aliphatic heterocycles. The molecule has 0 bridgehead atoms. The van der Waals surface area contributed by atoms with Crippen molar-refractivity contribution in [3.63, 3.8) is 0 Å². The molecule has 1 aliphatic rings. The summed E-state index contributed by atoms with van der Waals surface area (Å²) in [6.07, 6.45) is 2.30. The highest BCUT2D eigenvalue weighted by atomic mass is 35.5. The molecule has 0 saturated heterocycles. The Morgan fingerprint density at radius 2 is 1.88 bits per heavy atom. The van der Waals surface area contributed by atoms with Crippen molar-refractivity contribution in [3.8, 4) is 17.1 Å². The van der Waals surface area contributed by atoms with E-state index in [1.807, 2.05) is 72.3 Å². The topological polar surface area (TPSA) is 77.6 Å². The number of nitrogens with zero attached hydrogens (tertiary/aromatic N) is 5. The van der Waals surface area contributed by atoms with Gasteiger partial charge in [-0.25, -0.2) is 4.68 Å². The number of aromatic nitrogens is 5.